The Morgan fingerprint density at radius 3 is 2.37 bits per heavy atom. The van der Waals surface area contributed by atoms with Crippen molar-refractivity contribution in [1.29, 1.82) is 0 Å². The van der Waals surface area contributed by atoms with E-state index in [0.29, 0.717) is 35.0 Å². The zero-order chi connectivity index (χ0) is 27.7. The molecule has 0 radical (unpaired) electrons. The highest BCUT2D eigenvalue weighted by atomic mass is 16.7. The second kappa shape index (κ2) is 8.99. The lowest BCUT2D eigenvalue weighted by Gasteiger charge is -2.39. The van der Waals surface area contributed by atoms with Gasteiger partial charge in [-0.15, -0.1) is 0 Å². The number of rotatable bonds is 3. The molecule has 1 aliphatic carbocycles. The van der Waals surface area contributed by atoms with Crippen molar-refractivity contribution >= 4 is 28.3 Å². The minimum atomic E-state index is -1.04. The maximum Gasteiger partial charge on any atom is 0.317 e. The molecule has 8 rings (SSSR count). The van der Waals surface area contributed by atoms with Crippen LogP contribution in [0.1, 0.15) is 34.9 Å². The first kappa shape index (κ1) is 23.8. The quantitative estimate of drug-likeness (QED) is 0.278. The Labute approximate surface area is 234 Å². The van der Waals surface area contributed by atoms with E-state index in [9.17, 15) is 9.59 Å². The first-order valence-electron chi connectivity index (χ1n) is 13.4. The number of nitrogens with zero attached hydrogens (tertiary/aromatic N) is 1. The number of hydrogen-bond donors (Lipinski definition) is 1. The molecule has 4 heterocycles. The van der Waals surface area contributed by atoms with Gasteiger partial charge >= 0.3 is 5.97 Å². The minimum absolute atomic E-state index is 0.135. The zero-order valence-corrected chi connectivity index (χ0v) is 22.0. The largest absolute Gasteiger partial charge is 0.468 e. The van der Waals surface area contributed by atoms with E-state index >= 15 is 0 Å². The average Bonchev–Trinajstić information content (AvgIpc) is 3.68. The normalized spacial score (nSPS) is 21.8. The van der Waals surface area contributed by atoms with Gasteiger partial charge < -0.3 is 29.0 Å². The Morgan fingerprint density at radius 2 is 1.61 bits per heavy atom. The molecule has 204 valence electrons. The Hall–Kier alpha value is -5.05. The number of fused-ring (bicyclic) bond motifs is 5. The van der Waals surface area contributed by atoms with Crippen molar-refractivity contribution in [2.45, 2.75) is 18.3 Å². The Bertz CT molecular complexity index is 1810. The molecule has 0 fully saturated rings. The molecule has 1 N–H and O–H groups in total. The summed E-state index contributed by atoms with van der Waals surface area (Å²) in [6, 6.07) is 19.2. The van der Waals surface area contributed by atoms with Crippen LogP contribution in [0.2, 0.25) is 0 Å². The number of esters is 1. The summed E-state index contributed by atoms with van der Waals surface area (Å²) in [7, 11) is 1.32. The molecule has 0 spiro atoms. The number of benzene rings is 3. The van der Waals surface area contributed by atoms with Crippen LogP contribution in [-0.2, 0) is 14.3 Å². The number of pyridine rings is 1. The highest BCUT2D eigenvalue weighted by Crippen LogP contribution is 2.53. The molecule has 0 bridgehead atoms. The highest BCUT2D eigenvalue weighted by molar-refractivity contribution is 6.13. The fourth-order valence-corrected chi connectivity index (χ4v) is 6.56. The van der Waals surface area contributed by atoms with Crippen molar-refractivity contribution in [2.24, 2.45) is 5.92 Å². The summed E-state index contributed by atoms with van der Waals surface area (Å²) in [6.45, 7) is 0.277. The molecule has 9 heteroatoms. The molecule has 4 aliphatic rings. The number of Topliss-reactive ketones (excluding diaryl/α,β-unsaturated/α-hetero) is 1. The molecular formula is C32H24N2O7. The lowest BCUT2D eigenvalue weighted by molar-refractivity contribution is -0.149. The van der Waals surface area contributed by atoms with E-state index in [0.717, 1.165) is 39.0 Å². The van der Waals surface area contributed by atoms with Gasteiger partial charge in [-0.3, -0.25) is 14.6 Å². The van der Waals surface area contributed by atoms with E-state index < -0.39 is 23.7 Å². The van der Waals surface area contributed by atoms with E-state index in [1.54, 1.807) is 6.20 Å². The topological polar surface area (TPSA) is 105 Å². The summed E-state index contributed by atoms with van der Waals surface area (Å²) in [6.07, 6.45) is 2.17. The summed E-state index contributed by atoms with van der Waals surface area (Å²) in [4.78, 5) is 32.5. The van der Waals surface area contributed by atoms with Gasteiger partial charge in [0.2, 0.25) is 13.6 Å². The molecule has 0 amide bonds. The second-order valence-electron chi connectivity index (χ2n) is 10.4. The van der Waals surface area contributed by atoms with Gasteiger partial charge in [-0.05, 0) is 65.6 Å². The Balaban J connectivity index is 1.34. The number of anilines is 1. The maximum atomic E-state index is 14.6. The fraction of sp³-hybridized carbons (Fsp3) is 0.219. The third-order valence-electron chi connectivity index (χ3n) is 8.40. The Kier molecular flexibility index (Phi) is 5.22. The summed E-state index contributed by atoms with van der Waals surface area (Å²) in [5.74, 6) is -0.307. The van der Waals surface area contributed by atoms with Crippen LogP contribution in [0, 0.1) is 5.92 Å². The molecule has 0 saturated heterocycles. The van der Waals surface area contributed by atoms with Gasteiger partial charge in [-0.1, -0.05) is 18.2 Å². The molecule has 3 aromatic carbocycles. The molecule has 3 unspecified atom stereocenters. The summed E-state index contributed by atoms with van der Waals surface area (Å²) in [5.41, 5.74) is 5.61. The maximum absolute atomic E-state index is 14.6. The average molecular weight is 549 g/mol. The van der Waals surface area contributed by atoms with Gasteiger partial charge in [0.15, 0.2) is 28.8 Å². The van der Waals surface area contributed by atoms with Crippen LogP contribution < -0.4 is 24.3 Å². The van der Waals surface area contributed by atoms with Crippen LogP contribution in [0.3, 0.4) is 0 Å². The summed E-state index contributed by atoms with van der Waals surface area (Å²) in [5, 5.41) is 4.49. The van der Waals surface area contributed by atoms with Crippen molar-refractivity contribution < 1.29 is 33.3 Å². The number of methoxy groups -OCH3 is 1. The molecule has 9 nitrogen and oxygen atoms in total. The van der Waals surface area contributed by atoms with Gasteiger partial charge in [0.1, 0.15) is 5.92 Å². The van der Waals surface area contributed by atoms with Crippen molar-refractivity contribution in [3.8, 4) is 23.0 Å². The Morgan fingerprint density at radius 1 is 0.902 bits per heavy atom. The fourth-order valence-electron chi connectivity index (χ4n) is 6.56. The van der Waals surface area contributed by atoms with E-state index in [4.69, 9.17) is 23.7 Å². The number of allylic oxidation sites excluding steroid dienone is 2. The van der Waals surface area contributed by atoms with Crippen LogP contribution >= 0.6 is 0 Å². The van der Waals surface area contributed by atoms with Crippen molar-refractivity contribution in [2.75, 3.05) is 26.0 Å². The molecule has 4 aromatic rings. The van der Waals surface area contributed by atoms with Gasteiger partial charge in [0.05, 0.1) is 12.6 Å². The number of carbonyl (C=O) groups is 2. The lowest BCUT2D eigenvalue weighted by atomic mass is 9.66. The van der Waals surface area contributed by atoms with Gasteiger partial charge in [-0.25, -0.2) is 0 Å². The number of carbonyl (C=O) groups excluding carboxylic acids is 2. The molecule has 1 aromatic heterocycles. The van der Waals surface area contributed by atoms with Crippen LogP contribution in [0.25, 0.3) is 10.9 Å². The third-order valence-corrected chi connectivity index (χ3v) is 8.40. The number of aromatic nitrogens is 1. The van der Waals surface area contributed by atoms with Crippen LogP contribution in [0.15, 0.2) is 78.1 Å². The SMILES string of the molecule is COC(=O)C1C(=O)C2=C(CC1c1ccc3c(c1)OCO3)Nc1ccc3ncccc3c1C2c1ccc2c(c1)OCO2. The van der Waals surface area contributed by atoms with Crippen LogP contribution in [0.4, 0.5) is 5.69 Å². The molecule has 3 atom stereocenters. The molecule has 0 saturated carbocycles. The molecule has 41 heavy (non-hydrogen) atoms. The first-order valence-corrected chi connectivity index (χ1v) is 13.4. The van der Waals surface area contributed by atoms with E-state index in [-0.39, 0.29) is 19.4 Å². The standard InChI is InChI=1S/C32H24N2O7/c1-37-32(36)29-19(16-4-8-23-25(11-16)40-14-38-23)13-22-30(31(29)35)27(17-5-9-24-26(12-17)41-15-39-24)28-18-3-2-10-33-20(18)6-7-21(28)34-22/h2-12,19,27,29,34H,13-15H2,1H3. The second-order valence-corrected chi connectivity index (χ2v) is 10.4. The summed E-state index contributed by atoms with van der Waals surface area (Å²) < 4.78 is 27.6. The van der Waals surface area contributed by atoms with Gasteiger partial charge in [0.25, 0.3) is 0 Å². The third kappa shape index (κ3) is 3.58. The predicted molar refractivity (Wildman–Crippen MR) is 147 cm³/mol. The van der Waals surface area contributed by atoms with Crippen molar-refractivity contribution in [3.05, 3.63) is 94.8 Å². The van der Waals surface area contributed by atoms with Crippen LogP contribution in [-0.4, -0.2) is 37.4 Å². The van der Waals surface area contributed by atoms with E-state index in [2.05, 4.69) is 10.3 Å². The number of ether oxygens (including phenoxy) is 5. The molecular weight excluding hydrogens is 524 g/mol. The van der Waals surface area contributed by atoms with Gasteiger partial charge in [-0.2, -0.15) is 0 Å². The minimum Gasteiger partial charge on any atom is -0.468 e. The number of ketones is 1. The van der Waals surface area contributed by atoms with Crippen molar-refractivity contribution in [3.63, 3.8) is 0 Å². The predicted octanol–water partition coefficient (Wildman–Crippen LogP) is 5.05. The highest BCUT2D eigenvalue weighted by Gasteiger charge is 2.48. The smallest absolute Gasteiger partial charge is 0.317 e. The molecule has 3 aliphatic heterocycles. The van der Waals surface area contributed by atoms with Gasteiger partial charge in [0, 0.05) is 40.4 Å². The van der Waals surface area contributed by atoms with E-state index in [1.165, 1.54) is 7.11 Å². The number of hydrogen-bond acceptors (Lipinski definition) is 9. The first-order chi connectivity index (χ1) is 20.1. The van der Waals surface area contributed by atoms with E-state index in [1.807, 2.05) is 60.7 Å². The summed E-state index contributed by atoms with van der Waals surface area (Å²) >= 11 is 0. The monoisotopic (exact) mass is 548 g/mol. The zero-order valence-electron chi connectivity index (χ0n) is 22.0. The van der Waals surface area contributed by atoms with Crippen molar-refractivity contribution in [1.82, 2.24) is 4.98 Å². The lowest BCUT2D eigenvalue weighted by Crippen LogP contribution is -2.40. The van der Waals surface area contributed by atoms with Crippen LogP contribution in [0.5, 0.6) is 23.0 Å². The number of nitrogens with one attached hydrogen (secondary N) is 1.